The quantitative estimate of drug-likeness (QED) is 0.701. The molecule has 7 heteroatoms. The molecule has 0 N–H and O–H groups in total. The molecule has 3 aromatic rings. The number of amides is 1. The van der Waals surface area contributed by atoms with Gasteiger partial charge in [0.1, 0.15) is 0 Å². The first-order valence-electron chi connectivity index (χ1n) is 9.96. The molecule has 28 heavy (non-hydrogen) atoms. The van der Waals surface area contributed by atoms with Gasteiger partial charge in [0.05, 0.1) is 11.6 Å². The van der Waals surface area contributed by atoms with Crippen LogP contribution in [0.4, 0.5) is 0 Å². The van der Waals surface area contributed by atoms with Crippen LogP contribution in [0.1, 0.15) is 58.6 Å². The van der Waals surface area contributed by atoms with Gasteiger partial charge in [-0.3, -0.25) is 4.79 Å². The number of likely N-dealkylation sites (tertiary alicyclic amines) is 1. The Morgan fingerprint density at radius 3 is 2.82 bits per heavy atom. The second kappa shape index (κ2) is 6.89. The van der Waals surface area contributed by atoms with Crippen LogP contribution in [0, 0.1) is 6.92 Å². The third-order valence-electron chi connectivity index (χ3n) is 5.73. The van der Waals surface area contributed by atoms with Gasteiger partial charge in [-0.05, 0) is 51.2 Å². The van der Waals surface area contributed by atoms with Crippen LogP contribution in [0.3, 0.4) is 0 Å². The number of para-hydroxylation sites is 1. The van der Waals surface area contributed by atoms with Crippen LogP contribution in [0.5, 0.6) is 0 Å². The van der Waals surface area contributed by atoms with Gasteiger partial charge in [-0.1, -0.05) is 23.4 Å². The van der Waals surface area contributed by atoms with E-state index in [4.69, 9.17) is 9.62 Å². The van der Waals surface area contributed by atoms with Crippen molar-refractivity contribution in [3.8, 4) is 5.69 Å². The number of rotatable bonds is 3. The molecule has 1 saturated heterocycles. The largest absolute Gasteiger partial charge is 0.339 e. The highest BCUT2D eigenvalue weighted by atomic mass is 16.5. The fourth-order valence-corrected chi connectivity index (χ4v) is 4.38. The molecule has 144 valence electrons. The highest BCUT2D eigenvalue weighted by Gasteiger charge is 2.33. The zero-order chi connectivity index (χ0) is 19.1. The molecule has 1 amide bonds. The molecular weight excluding hydrogens is 354 g/mol. The van der Waals surface area contributed by atoms with Crippen molar-refractivity contribution in [2.24, 2.45) is 0 Å². The lowest BCUT2D eigenvalue weighted by molar-refractivity contribution is 0.0688. The topological polar surface area (TPSA) is 77.0 Å². The Bertz CT molecular complexity index is 1010. The SMILES string of the molecule is Cc1noc([C@@H]2CCCN(C(=O)c3nn(-c4ccccc4)c4c3CCC4)C2)n1. The van der Waals surface area contributed by atoms with Gasteiger partial charge in [-0.2, -0.15) is 10.1 Å². The second-order valence-corrected chi connectivity index (χ2v) is 7.64. The van der Waals surface area contributed by atoms with E-state index in [1.807, 2.05) is 46.8 Å². The van der Waals surface area contributed by atoms with E-state index in [0.717, 1.165) is 49.9 Å². The highest BCUT2D eigenvalue weighted by Crippen LogP contribution is 2.31. The summed E-state index contributed by atoms with van der Waals surface area (Å²) in [5.74, 6) is 1.39. The van der Waals surface area contributed by atoms with E-state index in [0.29, 0.717) is 24.0 Å². The molecule has 0 unspecified atom stereocenters. The van der Waals surface area contributed by atoms with Crippen molar-refractivity contribution >= 4 is 5.91 Å². The number of piperidine rings is 1. The lowest BCUT2D eigenvalue weighted by Crippen LogP contribution is -2.39. The van der Waals surface area contributed by atoms with Gasteiger partial charge in [0.2, 0.25) is 5.89 Å². The number of carbonyl (C=O) groups excluding carboxylic acids is 1. The van der Waals surface area contributed by atoms with Crippen molar-refractivity contribution < 1.29 is 9.32 Å². The van der Waals surface area contributed by atoms with Crippen molar-refractivity contribution in [1.82, 2.24) is 24.8 Å². The fraction of sp³-hybridized carbons (Fsp3) is 0.429. The highest BCUT2D eigenvalue weighted by molar-refractivity contribution is 5.94. The average molecular weight is 377 g/mol. The van der Waals surface area contributed by atoms with Crippen LogP contribution in [-0.2, 0) is 12.8 Å². The predicted octanol–water partition coefficient (Wildman–Crippen LogP) is 3.07. The average Bonchev–Trinajstić information content (AvgIpc) is 3.45. The first-order valence-corrected chi connectivity index (χ1v) is 9.96. The maximum Gasteiger partial charge on any atom is 0.274 e. The number of benzene rings is 1. The number of hydrogen-bond acceptors (Lipinski definition) is 5. The molecule has 0 bridgehead atoms. The Morgan fingerprint density at radius 2 is 2.04 bits per heavy atom. The summed E-state index contributed by atoms with van der Waals surface area (Å²) in [5, 5.41) is 8.65. The summed E-state index contributed by atoms with van der Waals surface area (Å²) in [7, 11) is 0. The lowest BCUT2D eigenvalue weighted by atomic mass is 9.97. The Labute approximate surface area is 163 Å². The Hall–Kier alpha value is -2.96. The number of hydrogen-bond donors (Lipinski definition) is 0. The van der Waals surface area contributed by atoms with Crippen LogP contribution >= 0.6 is 0 Å². The van der Waals surface area contributed by atoms with Crippen LogP contribution in [0.2, 0.25) is 0 Å². The van der Waals surface area contributed by atoms with E-state index in [1.165, 1.54) is 5.69 Å². The van der Waals surface area contributed by atoms with E-state index in [-0.39, 0.29) is 11.8 Å². The van der Waals surface area contributed by atoms with Crippen molar-refractivity contribution in [3.05, 3.63) is 59.0 Å². The van der Waals surface area contributed by atoms with Gasteiger partial charge >= 0.3 is 0 Å². The molecule has 2 aliphatic rings. The molecule has 5 rings (SSSR count). The van der Waals surface area contributed by atoms with Gasteiger partial charge in [0, 0.05) is 24.3 Å². The number of fused-ring (bicyclic) bond motifs is 1. The van der Waals surface area contributed by atoms with E-state index >= 15 is 0 Å². The molecule has 3 heterocycles. The van der Waals surface area contributed by atoms with Crippen molar-refractivity contribution in [2.75, 3.05) is 13.1 Å². The summed E-state index contributed by atoms with van der Waals surface area (Å²) in [5.41, 5.74) is 3.91. The van der Waals surface area contributed by atoms with Gasteiger partial charge in [0.15, 0.2) is 11.5 Å². The summed E-state index contributed by atoms with van der Waals surface area (Å²) in [6.07, 6.45) is 4.85. The summed E-state index contributed by atoms with van der Waals surface area (Å²) in [4.78, 5) is 19.6. The monoisotopic (exact) mass is 377 g/mol. The number of aryl methyl sites for hydroxylation is 1. The van der Waals surface area contributed by atoms with Crippen molar-refractivity contribution in [1.29, 1.82) is 0 Å². The van der Waals surface area contributed by atoms with Crippen LogP contribution in [-0.4, -0.2) is 43.8 Å². The smallest absolute Gasteiger partial charge is 0.274 e. The first kappa shape index (κ1) is 17.2. The Kier molecular flexibility index (Phi) is 4.22. The molecule has 1 aromatic carbocycles. The molecule has 1 aliphatic heterocycles. The van der Waals surface area contributed by atoms with Gasteiger partial charge < -0.3 is 9.42 Å². The van der Waals surface area contributed by atoms with Gasteiger partial charge in [0.25, 0.3) is 5.91 Å². The Balaban J connectivity index is 1.44. The third-order valence-corrected chi connectivity index (χ3v) is 5.73. The molecular formula is C21H23N5O2. The fourth-order valence-electron chi connectivity index (χ4n) is 4.38. The van der Waals surface area contributed by atoms with Crippen molar-refractivity contribution in [2.45, 2.75) is 44.9 Å². The molecule has 7 nitrogen and oxygen atoms in total. The summed E-state index contributed by atoms with van der Waals surface area (Å²) >= 11 is 0. The summed E-state index contributed by atoms with van der Waals surface area (Å²) < 4.78 is 7.31. The minimum atomic E-state index is 0.0220. The Morgan fingerprint density at radius 1 is 1.18 bits per heavy atom. The zero-order valence-corrected chi connectivity index (χ0v) is 16.0. The number of aromatic nitrogens is 4. The van der Waals surface area contributed by atoms with Crippen molar-refractivity contribution in [3.63, 3.8) is 0 Å². The predicted molar refractivity (Wildman–Crippen MR) is 103 cm³/mol. The third kappa shape index (κ3) is 2.91. The van der Waals surface area contributed by atoms with Crippen LogP contribution in [0.15, 0.2) is 34.9 Å². The maximum atomic E-state index is 13.4. The van der Waals surface area contributed by atoms with Crippen LogP contribution < -0.4 is 0 Å². The van der Waals surface area contributed by atoms with Gasteiger partial charge in [-0.15, -0.1) is 0 Å². The molecule has 1 atom stereocenters. The van der Waals surface area contributed by atoms with E-state index < -0.39 is 0 Å². The van der Waals surface area contributed by atoms with Gasteiger partial charge in [-0.25, -0.2) is 4.68 Å². The second-order valence-electron chi connectivity index (χ2n) is 7.64. The summed E-state index contributed by atoms with van der Waals surface area (Å²) in [6.45, 7) is 3.17. The number of carbonyl (C=O) groups is 1. The molecule has 0 radical (unpaired) electrons. The molecule has 1 aliphatic carbocycles. The van der Waals surface area contributed by atoms with E-state index in [9.17, 15) is 4.79 Å². The standard InChI is InChI=1S/C21H23N5O2/c1-14-22-20(28-24-14)15-7-6-12-25(13-15)21(27)19-17-10-5-11-18(17)26(23-19)16-8-3-2-4-9-16/h2-4,8-9,15H,5-7,10-13H2,1H3/t15-/m1/s1. The molecule has 2 aromatic heterocycles. The first-order chi connectivity index (χ1) is 13.7. The molecule has 0 spiro atoms. The summed E-state index contributed by atoms with van der Waals surface area (Å²) in [6, 6.07) is 10.1. The zero-order valence-electron chi connectivity index (χ0n) is 16.0. The van der Waals surface area contributed by atoms with Crippen LogP contribution in [0.25, 0.3) is 5.69 Å². The van der Waals surface area contributed by atoms with E-state index in [1.54, 1.807) is 0 Å². The molecule has 1 fully saturated rings. The number of nitrogens with zero attached hydrogens (tertiary/aromatic N) is 5. The normalized spacial score (nSPS) is 19.0. The minimum Gasteiger partial charge on any atom is -0.339 e. The minimum absolute atomic E-state index is 0.0220. The lowest BCUT2D eigenvalue weighted by Gasteiger charge is -2.30. The molecule has 0 saturated carbocycles. The maximum absolute atomic E-state index is 13.4. The van der Waals surface area contributed by atoms with E-state index in [2.05, 4.69) is 10.1 Å².